The summed E-state index contributed by atoms with van der Waals surface area (Å²) in [7, 11) is 1.68. The van der Waals surface area contributed by atoms with Crippen LogP contribution in [0.15, 0.2) is 23.9 Å². The van der Waals surface area contributed by atoms with Gasteiger partial charge in [-0.15, -0.1) is 12.8 Å². The van der Waals surface area contributed by atoms with E-state index in [2.05, 4.69) is 32.0 Å². The van der Waals surface area contributed by atoms with Crippen LogP contribution in [0.4, 0.5) is 14.5 Å². The maximum Gasteiger partial charge on any atom is 0.309 e. The van der Waals surface area contributed by atoms with Crippen LogP contribution in [0.1, 0.15) is 59.4 Å². The first-order valence-electron chi connectivity index (χ1n) is 9.49. The number of allylic oxidation sites excluding steroid dienone is 1. The van der Waals surface area contributed by atoms with Crippen LogP contribution >= 0.6 is 0 Å². The van der Waals surface area contributed by atoms with Gasteiger partial charge in [0.25, 0.3) is 0 Å². The predicted molar refractivity (Wildman–Crippen MR) is 115 cm³/mol. The summed E-state index contributed by atoms with van der Waals surface area (Å²) in [4.78, 5) is 11.3. The van der Waals surface area contributed by atoms with E-state index in [9.17, 15) is 13.6 Å². The van der Waals surface area contributed by atoms with Crippen molar-refractivity contribution in [1.29, 1.82) is 0 Å². The summed E-state index contributed by atoms with van der Waals surface area (Å²) in [6.45, 7) is 10.3. The molecule has 0 atom stereocenters. The largest absolute Gasteiger partial charge is 0.466 e. The van der Waals surface area contributed by atoms with Crippen molar-refractivity contribution in [1.82, 2.24) is 5.32 Å². The summed E-state index contributed by atoms with van der Waals surface area (Å²) in [6.07, 6.45) is 11.5. The fourth-order valence-electron chi connectivity index (χ4n) is 1.86. The molecule has 0 aliphatic heterocycles. The van der Waals surface area contributed by atoms with Gasteiger partial charge in [-0.25, -0.2) is 8.78 Å². The molecule has 28 heavy (non-hydrogen) atoms. The van der Waals surface area contributed by atoms with Gasteiger partial charge in [-0.1, -0.05) is 40.2 Å². The number of halogens is 2. The van der Waals surface area contributed by atoms with Gasteiger partial charge in [0.1, 0.15) is 5.82 Å². The third-order valence-corrected chi connectivity index (χ3v) is 3.00. The molecule has 6 heteroatoms. The lowest BCUT2D eigenvalue weighted by atomic mass is 10.1. The molecule has 1 aromatic carbocycles. The fourth-order valence-corrected chi connectivity index (χ4v) is 1.86. The number of hydrogen-bond acceptors (Lipinski definition) is 4. The fraction of sp³-hybridized carbons (Fsp3) is 0.500. The molecule has 0 saturated carbocycles. The van der Waals surface area contributed by atoms with Crippen molar-refractivity contribution in [2.75, 3.05) is 19.4 Å². The summed E-state index contributed by atoms with van der Waals surface area (Å²) < 4.78 is 32.1. The summed E-state index contributed by atoms with van der Waals surface area (Å²) in [5.41, 5.74) is 6.01. The molecule has 0 spiro atoms. The van der Waals surface area contributed by atoms with Crippen molar-refractivity contribution in [3.63, 3.8) is 0 Å². The van der Waals surface area contributed by atoms with Crippen LogP contribution < -0.4 is 11.1 Å². The number of rotatable bonds is 7. The molecule has 1 rings (SSSR count). The van der Waals surface area contributed by atoms with E-state index in [0.717, 1.165) is 6.07 Å². The molecular formula is C22H36F2N2O2. The van der Waals surface area contributed by atoms with Crippen molar-refractivity contribution in [3.05, 3.63) is 41.1 Å². The second kappa shape index (κ2) is 20.8. The molecule has 0 unspecified atom stereocenters. The summed E-state index contributed by atoms with van der Waals surface area (Å²) in [6, 6.07) is 2.35. The van der Waals surface area contributed by atoms with E-state index in [1.54, 1.807) is 20.0 Å². The van der Waals surface area contributed by atoms with Crippen LogP contribution in [-0.2, 0) is 16.0 Å². The monoisotopic (exact) mass is 398 g/mol. The third kappa shape index (κ3) is 13.6. The predicted octanol–water partition coefficient (Wildman–Crippen LogP) is 5.23. The molecular weight excluding hydrogens is 362 g/mol. The molecule has 1 aromatic rings. The topological polar surface area (TPSA) is 64.3 Å². The van der Waals surface area contributed by atoms with Gasteiger partial charge in [0, 0.05) is 18.3 Å². The van der Waals surface area contributed by atoms with Crippen LogP contribution in [0.5, 0.6) is 0 Å². The van der Waals surface area contributed by atoms with Crippen LogP contribution in [0.2, 0.25) is 0 Å². The van der Waals surface area contributed by atoms with Gasteiger partial charge in [-0.3, -0.25) is 4.79 Å². The number of hydrogen-bond donors (Lipinski definition) is 2. The van der Waals surface area contributed by atoms with Crippen LogP contribution in [0.3, 0.4) is 0 Å². The second-order valence-electron chi connectivity index (χ2n) is 5.12. The first kappa shape index (κ1) is 30.2. The number of benzene rings is 1. The molecule has 0 aromatic heterocycles. The molecule has 4 nitrogen and oxygen atoms in total. The maximum atomic E-state index is 13.8. The Morgan fingerprint density at radius 3 is 2.21 bits per heavy atom. The van der Waals surface area contributed by atoms with Crippen molar-refractivity contribution in [2.45, 2.75) is 60.3 Å². The molecule has 0 bridgehead atoms. The minimum absolute atomic E-state index is 0.0488. The quantitative estimate of drug-likeness (QED) is 0.375. The molecule has 0 radical (unpaired) electrons. The molecule has 0 amide bonds. The zero-order chi connectivity index (χ0) is 22.5. The SMILES string of the molecule is C#C.CC.CCC.CCOC(=O)C/C=C(/CCc1c(F)ccc(N)c1F)NC. The second-order valence-corrected chi connectivity index (χ2v) is 5.12. The average Bonchev–Trinajstić information content (AvgIpc) is 2.71. The number of esters is 1. The van der Waals surface area contributed by atoms with E-state index >= 15 is 0 Å². The van der Waals surface area contributed by atoms with Gasteiger partial charge in [-0.05, 0) is 31.9 Å². The highest BCUT2D eigenvalue weighted by Gasteiger charge is 2.12. The highest BCUT2D eigenvalue weighted by atomic mass is 19.1. The molecule has 0 fully saturated rings. The smallest absolute Gasteiger partial charge is 0.309 e. The van der Waals surface area contributed by atoms with Crippen molar-refractivity contribution >= 4 is 11.7 Å². The Balaban J connectivity index is -0.000000789. The van der Waals surface area contributed by atoms with Gasteiger partial charge >= 0.3 is 5.97 Å². The lowest BCUT2D eigenvalue weighted by molar-refractivity contribution is -0.142. The zero-order valence-corrected chi connectivity index (χ0v) is 18.1. The molecule has 0 aliphatic carbocycles. The minimum Gasteiger partial charge on any atom is -0.466 e. The third-order valence-electron chi connectivity index (χ3n) is 3.00. The summed E-state index contributed by atoms with van der Waals surface area (Å²) >= 11 is 0. The van der Waals surface area contributed by atoms with E-state index in [1.165, 1.54) is 12.5 Å². The summed E-state index contributed by atoms with van der Waals surface area (Å²) in [5.74, 6) is -1.69. The number of terminal acetylenes is 1. The first-order chi connectivity index (χ1) is 13.4. The normalized spacial score (nSPS) is 9.43. The van der Waals surface area contributed by atoms with E-state index in [1.807, 2.05) is 13.8 Å². The van der Waals surface area contributed by atoms with Crippen LogP contribution in [0.25, 0.3) is 0 Å². The van der Waals surface area contributed by atoms with E-state index in [4.69, 9.17) is 10.5 Å². The summed E-state index contributed by atoms with van der Waals surface area (Å²) in [5, 5.41) is 2.90. The van der Waals surface area contributed by atoms with Gasteiger partial charge in [0.15, 0.2) is 5.82 Å². The molecule has 0 aliphatic rings. The highest BCUT2D eigenvalue weighted by Crippen LogP contribution is 2.21. The Bertz CT molecular complexity index is 585. The lowest BCUT2D eigenvalue weighted by Gasteiger charge is -2.10. The Morgan fingerprint density at radius 1 is 1.21 bits per heavy atom. The molecule has 160 valence electrons. The number of nitrogens with one attached hydrogen (secondary N) is 1. The number of anilines is 1. The number of carbonyl (C=O) groups is 1. The number of nitrogens with two attached hydrogens (primary N) is 1. The van der Waals surface area contributed by atoms with E-state index in [-0.39, 0.29) is 30.1 Å². The van der Waals surface area contributed by atoms with Gasteiger partial charge in [0.05, 0.1) is 18.7 Å². The standard InChI is InChI=1S/C15H20F2N2O2.C3H8.C2H6.C2H2/c1-3-21-14(20)9-5-10(19-2)4-6-11-12(16)7-8-13(18)15(11)17;1-3-2;2*1-2/h5,7-8,19H,3-4,6,9,18H2,1-2H3;3H2,1-2H3;1-2H3;1-2H/b10-5-;;;. The molecule has 0 saturated heterocycles. The van der Waals surface area contributed by atoms with Crippen molar-refractivity contribution in [2.24, 2.45) is 0 Å². The van der Waals surface area contributed by atoms with Crippen molar-refractivity contribution in [3.8, 4) is 12.8 Å². The maximum absolute atomic E-state index is 13.8. The van der Waals surface area contributed by atoms with Crippen LogP contribution in [0, 0.1) is 24.5 Å². The Labute approximate surface area is 169 Å². The Kier molecular flexibility index (Phi) is 22.4. The Morgan fingerprint density at radius 2 is 1.75 bits per heavy atom. The minimum atomic E-state index is -0.726. The lowest BCUT2D eigenvalue weighted by Crippen LogP contribution is -2.10. The number of carbonyl (C=O) groups excluding carboxylic acids is 1. The molecule has 3 N–H and O–H groups in total. The highest BCUT2D eigenvalue weighted by molar-refractivity contribution is 5.71. The van der Waals surface area contributed by atoms with Gasteiger partial charge in [-0.2, -0.15) is 0 Å². The Hall–Kier alpha value is -2.55. The zero-order valence-electron chi connectivity index (χ0n) is 18.1. The van der Waals surface area contributed by atoms with E-state index < -0.39 is 11.6 Å². The molecule has 0 heterocycles. The van der Waals surface area contributed by atoms with Crippen LogP contribution in [-0.4, -0.2) is 19.6 Å². The average molecular weight is 399 g/mol. The van der Waals surface area contributed by atoms with Crippen molar-refractivity contribution < 1.29 is 18.3 Å². The van der Waals surface area contributed by atoms with Gasteiger partial charge < -0.3 is 15.8 Å². The van der Waals surface area contributed by atoms with Gasteiger partial charge in [0.2, 0.25) is 0 Å². The number of nitrogen functional groups attached to an aromatic ring is 1. The van der Waals surface area contributed by atoms with E-state index in [0.29, 0.717) is 18.7 Å². The number of ether oxygens (including phenoxy) is 1. The first-order valence-corrected chi connectivity index (χ1v) is 9.49.